The van der Waals surface area contributed by atoms with E-state index in [-0.39, 0.29) is 12.4 Å². The van der Waals surface area contributed by atoms with Crippen LogP contribution in [0.2, 0.25) is 0 Å². The van der Waals surface area contributed by atoms with Gasteiger partial charge in [0, 0.05) is 18.8 Å². The summed E-state index contributed by atoms with van der Waals surface area (Å²) >= 11 is 0. The Hall–Kier alpha value is -2.04. The highest BCUT2D eigenvalue weighted by atomic mass is 35.5. The Labute approximate surface area is 143 Å². The number of likely N-dealkylation sites (N-methyl/N-ethyl adjacent to an activating group) is 1. The first kappa shape index (κ1) is 19.0. The SMILES string of the molecule is CN(CCOC(=O)Nc1ccccc1)CCc1ccccc1.Cl. The highest BCUT2D eigenvalue weighted by Crippen LogP contribution is 2.05. The number of para-hydroxylation sites is 1. The standard InChI is InChI=1S/C18H22N2O2.ClH/c1-20(13-12-16-8-4-2-5-9-16)14-15-22-18(21)19-17-10-6-3-7-11-17;/h2-11H,12-15H2,1H3,(H,19,21);1H. The van der Waals surface area contributed by atoms with E-state index >= 15 is 0 Å². The Kier molecular flexibility index (Phi) is 8.80. The third-order valence-corrected chi connectivity index (χ3v) is 3.35. The van der Waals surface area contributed by atoms with Gasteiger partial charge in [-0.25, -0.2) is 4.79 Å². The van der Waals surface area contributed by atoms with Gasteiger partial charge in [-0.1, -0.05) is 48.5 Å². The number of hydrogen-bond donors (Lipinski definition) is 1. The molecule has 1 amide bonds. The van der Waals surface area contributed by atoms with Crippen molar-refractivity contribution in [1.82, 2.24) is 4.90 Å². The summed E-state index contributed by atoms with van der Waals surface area (Å²) in [5.74, 6) is 0. The Morgan fingerprint density at radius 1 is 1.00 bits per heavy atom. The molecule has 4 nitrogen and oxygen atoms in total. The van der Waals surface area contributed by atoms with Crippen LogP contribution in [-0.2, 0) is 11.2 Å². The van der Waals surface area contributed by atoms with E-state index in [2.05, 4.69) is 22.3 Å². The van der Waals surface area contributed by atoms with Crippen LogP contribution in [0.4, 0.5) is 10.5 Å². The van der Waals surface area contributed by atoms with Gasteiger partial charge in [0.1, 0.15) is 6.61 Å². The third-order valence-electron chi connectivity index (χ3n) is 3.35. The number of hydrogen-bond acceptors (Lipinski definition) is 3. The van der Waals surface area contributed by atoms with Gasteiger partial charge in [0.05, 0.1) is 0 Å². The minimum absolute atomic E-state index is 0. The van der Waals surface area contributed by atoms with Crippen molar-refractivity contribution in [3.05, 3.63) is 66.2 Å². The number of carbonyl (C=O) groups excluding carboxylic acids is 1. The zero-order valence-corrected chi connectivity index (χ0v) is 14.1. The predicted octanol–water partition coefficient (Wildman–Crippen LogP) is 3.83. The van der Waals surface area contributed by atoms with Gasteiger partial charge in [0.15, 0.2) is 0 Å². The van der Waals surface area contributed by atoms with E-state index in [1.807, 2.05) is 55.6 Å². The highest BCUT2D eigenvalue weighted by Gasteiger charge is 2.04. The average Bonchev–Trinajstić information content (AvgIpc) is 2.55. The van der Waals surface area contributed by atoms with Crippen molar-refractivity contribution in [2.24, 2.45) is 0 Å². The third kappa shape index (κ3) is 7.68. The molecule has 0 unspecified atom stereocenters. The Bertz CT molecular complexity index is 564. The quantitative estimate of drug-likeness (QED) is 0.836. The lowest BCUT2D eigenvalue weighted by Crippen LogP contribution is -2.27. The van der Waals surface area contributed by atoms with Crippen molar-refractivity contribution < 1.29 is 9.53 Å². The fraction of sp³-hybridized carbons (Fsp3) is 0.278. The predicted molar refractivity (Wildman–Crippen MR) is 96.3 cm³/mol. The number of nitrogens with zero attached hydrogens (tertiary/aromatic N) is 1. The number of amides is 1. The Balaban J connectivity index is 0.00000264. The Morgan fingerprint density at radius 2 is 1.61 bits per heavy atom. The number of carbonyl (C=O) groups is 1. The number of ether oxygens (including phenoxy) is 1. The lowest BCUT2D eigenvalue weighted by atomic mass is 10.1. The molecule has 0 saturated heterocycles. The number of anilines is 1. The second kappa shape index (κ2) is 10.6. The summed E-state index contributed by atoms with van der Waals surface area (Å²) in [7, 11) is 2.03. The number of nitrogens with one attached hydrogen (secondary N) is 1. The smallest absolute Gasteiger partial charge is 0.411 e. The van der Waals surface area contributed by atoms with Crippen LogP contribution in [0.25, 0.3) is 0 Å². The Morgan fingerprint density at radius 3 is 2.26 bits per heavy atom. The minimum atomic E-state index is -0.414. The molecule has 1 N–H and O–H groups in total. The molecule has 0 aliphatic carbocycles. The molecule has 0 atom stereocenters. The van der Waals surface area contributed by atoms with Crippen LogP contribution in [0.15, 0.2) is 60.7 Å². The molecule has 23 heavy (non-hydrogen) atoms. The fourth-order valence-electron chi connectivity index (χ4n) is 2.05. The van der Waals surface area contributed by atoms with Gasteiger partial charge in [-0.2, -0.15) is 0 Å². The molecule has 0 aliphatic heterocycles. The van der Waals surface area contributed by atoms with Crippen LogP contribution in [0.5, 0.6) is 0 Å². The van der Waals surface area contributed by atoms with Gasteiger partial charge >= 0.3 is 6.09 Å². The minimum Gasteiger partial charge on any atom is -0.448 e. The summed E-state index contributed by atoms with van der Waals surface area (Å²) in [6, 6.07) is 19.7. The van der Waals surface area contributed by atoms with Gasteiger partial charge in [0.25, 0.3) is 0 Å². The van der Waals surface area contributed by atoms with Gasteiger partial charge < -0.3 is 9.64 Å². The van der Waals surface area contributed by atoms with E-state index < -0.39 is 6.09 Å². The van der Waals surface area contributed by atoms with E-state index in [9.17, 15) is 4.79 Å². The normalized spacial score (nSPS) is 10.0. The van der Waals surface area contributed by atoms with E-state index in [4.69, 9.17) is 4.74 Å². The van der Waals surface area contributed by atoms with Crippen LogP contribution in [-0.4, -0.2) is 37.7 Å². The largest absolute Gasteiger partial charge is 0.448 e. The molecule has 0 heterocycles. The van der Waals surface area contributed by atoms with Crippen LogP contribution in [0, 0.1) is 0 Å². The molecule has 2 aromatic carbocycles. The van der Waals surface area contributed by atoms with Crippen molar-refractivity contribution in [3.63, 3.8) is 0 Å². The molecule has 0 saturated carbocycles. The van der Waals surface area contributed by atoms with Crippen molar-refractivity contribution in [2.75, 3.05) is 32.1 Å². The molecule has 5 heteroatoms. The zero-order chi connectivity index (χ0) is 15.6. The van der Waals surface area contributed by atoms with Crippen LogP contribution >= 0.6 is 12.4 Å². The van der Waals surface area contributed by atoms with Crippen molar-refractivity contribution >= 4 is 24.2 Å². The second-order valence-electron chi connectivity index (χ2n) is 5.17. The monoisotopic (exact) mass is 334 g/mol. The maximum atomic E-state index is 11.6. The lowest BCUT2D eigenvalue weighted by molar-refractivity contribution is 0.146. The fourth-order valence-corrected chi connectivity index (χ4v) is 2.05. The van der Waals surface area contributed by atoms with Crippen molar-refractivity contribution in [1.29, 1.82) is 0 Å². The van der Waals surface area contributed by atoms with Crippen LogP contribution in [0.1, 0.15) is 5.56 Å². The van der Waals surface area contributed by atoms with Crippen LogP contribution < -0.4 is 5.32 Å². The summed E-state index contributed by atoms with van der Waals surface area (Å²) in [6.45, 7) is 2.03. The van der Waals surface area contributed by atoms with Crippen molar-refractivity contribution in [2.45, 2.75) is 6.42 Å². The number of halogens is 1. The molecule has 0 aromatic heterocycles. The van der Waals surface area contributed by atoms with E-state index in [1.165, 1.54) is 5.56 Å². The van der Waals surface area contributed by atoms with Gasteiger partial charge in [-0.05, 0) is 31.2 Å². The topological polar surface area (TPSA) is 41.6 Å². The molecular formula is C18H23ClN2O2. The lowest BCUT2D eigenvalue weighted by Gasteiger charge is -2.16. The zero-order valence-electron chi connectivity index (χ0n) is 13.3. The molecule has 2 rings (SSSR count). The molecule has 0 fully saturated rings. The molecule has 2 aromatic rings. The first-order chi connectivity index (χ1) is 10.7. The summed E-state index contributed by atoms with van der Waals surface area (Å²) in [5.41, 5.74) is 2.06. The first-order valence-electron chi connectivity index (χ1n) is 7.45. The van der Waals surface area contributed by atoms with Gasteiger partial charge in [0.2, 0.25) is 0 Å². The maximum absolute atomic E-state index is 11.6. The number of rotatable bonds is 7. The average molecular weight is 335 g/mol. The second-order valence-corrected chi connectivity index (χ2v) is 5.17. The van der Waals surface area contributed by atoms with Gasteiger partial charge in [-0.3, -0.25) is 5.32 Å². The summed E-state index contributed by atoms with van der Waals surface area (Å²) in [6.07, 6.45) is 0.579. The summed E-state index contributed by atoms with van der Waals surface area (Å²) < 4.78 is 5.18. The first-order valence-corrected chi connectivity index (χ1v) is 7.45. The summed E-state index contributed by atoms with van der Waals surface area (Å²) in [4.78, 5) is 13.8. The van der Waals surface area contributed by atoms with Crippen molar-refractivity contribution in [3.8, 4) is 0 Å². The maximum Gasteiger partial charge on any atom is 0.411 e. The summed E-state index contributed by atoms with van der Waals surface area (Å²) in [5, 5.41) is 2.69. The van der Waals surface area contributed by atoms with E-state index in [0.717, 1.165) is 25.2 Å². The van der Waals surface area contributed by atoms with Crippen LogP contribution in [0.3, 0.4) is 0 Å². The molecule has 0 spiro atoms. The molecule has 124 valence electrons. The highest BCUT2D eigenvalue weighted by molar-refractivity contribution is 5.85. The molecular weight excluding hydrogens is 312 g/mol. The van der Waals surface area contributed by atoms with Gasteiger partial charge in [-0.15, -0.1) is 12.4 Å². The molecule has 0 aliphatic rings. The van der Waals surface area contributed by atoms with E-state index in [1.54, 1.807) is 0 Å². The molecule has 0 bridgehead atoms. The van der Waals surface area contributed by atoms with E-state index in [0.29, 0.717) is 6.61 Å². The number of benzene rings is 2. The molecule has 0 radical (unpaired) electrons.